The summed E-state index contributed by atoms with van der Waals surface area (Å²) in [6.07, 6.45) is -0.248. The van der Waals surface area contributed by atoms with Crippen LogP contribution in [0.3, 0.4) is 0 Å². The van der Waals surface area contributed by atoms with Gasteiger partial charge in [-0.05, 0) is 20.8 Å². The average Bonchev–Trinajstić information content (AvgIpc) is 2.54. The number of hydrogen-bond donors (Lipinski definition) is 1. The molecule has 17 heavy (non-hydrogen) atoms. The molecule has 0 bridgehead atoms. The quantitative estimate of drug-likeness (QED) is 0.590. The molecule has 1 aliphatic heterocycles. The Hall–Kier alpha value is -0.800. The number of carbonyl (C=O) groups is 1. The van der Waals surface area contributed by atoms with Gasteiger partial charge in [0.25, 0.3) is 0 Å². The van der Waals surface area contributed by atoms with Crippen LogP contribution in [0, 0.1) is 11.3 Å². The highest BCUT2D eigenvalue weighted by Crippen LogP contribution is 2.29. The van der Waals surface area contributed by atoms with E-state index < -0.39 is 17.3 Å². The number of likely N-dealkylation sites (tertiary alicyclic amines) is 1. The van der Waals surface area contributed by atoms with Crippen molar-refractivity contribution in [1.82, 2.24) is 4.90 Å². The molecule has 0 spiro atoms. The summed E-state index contributed by atoms with van der Waals surface area (Å²) >= 11 is 3.28. The number of hydrogen-bond acceptors (Lipinski definition) is 4. The van der Waals surface area contributed by atoms with Gasteiger partial charge in [-0.25, -0.2) is 4.79 Å². The van der Waals surface area contributed by atoms with E-state index in [0.717, 1.165) is 0 Å². The fourth-order valence-corrected chi connectivity index (χ4v) is 2.31. The number of aliphatic hydroxyl groups is 1. The highest BCUT2D eigenvalue weighted by molar-refractivity contribution is 9.09. The average molecular weight is 305 g/mol. The Morgan fingerprint density at radius 1 is 1.71 bits per heavy atom. The molecule has 6 heteroatoms. The molecule has 1 heterocycles. The fraction of sp³-hybridized carbons (Fsp3) is 0.818. The van der Waals surface area contributed by atoms with Crippen LogP contribution in [-0.2, 0) is 4.74 Å². The summed E-state index contributed by atoms with van der Waals surface area (Å²) in [7, 11) is 0. The van der Waals surface area contributed by atoms with Gasteiger partial charge in [0.15, 0.2) is 5.60 Å². The number of nitrogens with zero attached hydrogens (tertiary/aromatic N) is 2. The molecule has 1 amide bonds. The third kappa shape index (κ3) is 3.58. The molecular weight excluding hydrogens is 288 g/mol. The molecule has 1 rings (SSSR count). The summed E-state index contributed by atoms with van der Waals surface area (Å²) in [6.45, 7) is 5.33. The number of β-amino-alcohol motifs (C(OH)–C–C–N with tert-alkyl or cyclic N) is 1. The lowest BCUT2D eigenvalue weighted by molar-refractivity contribution is 0.0198. The summed E-state index contributed by atoms with van der Waals surface area (Å²) in [4.78, 5) is 13.3. The van der Waals surface area contributed by atoms with E-state index in [-0.39, 0.29) is 19.0 Å². The minimum Gasteiger partial charge on any atom is -0.444 e. The van der Waals surface area contributed by atoms with E-state index in [1.165, 1.54) is 4.90 Å². The maximum atomic E-state index is 11.9. The number of halogens is 1. The van der Waals surface area contributed by atoms with Crippen molar-refractivity contribution in [3.8, 4) is 6.07 Å². The maximum Gasteiger partial charge on any atom is 0.410 e. The van der Waals surface area contributed by atoms with Crippen LogP contribution in [0.2, 0.25) is 0 Å². The van der Waals surface area contributed by atoms with Crippen molar-refractivity contribution in [2.45, 2.75) is 44.4 Å². The molecule has 1 fully saturated rings. The molecule has 2 atom stereocenters. The molecule has 96 valence electrons. The van der Waals surface area contributed by atoms with Crippen molar-refractivity contribution in [1.29, 1.82) is 5.26 Å². The second kappa shape index (κ2) is 4.83. The zero-order chi connectivity index (χ0) is 13.3. The van der Waals surface area contributed by atoms with E-state index in [1.807, 2.05) is 6.07 Å². The van der Waals surface area contributed by atoms with Gasteiger partial charge in [-0.15, -0.1) is 0 Å². The van der Waals surface area contributed by atoms with Gasteiger partial charge in [-0.2, -0.15) is 5.26 Å². The summed E-state index contributed by atoms with van der Waals surface area (Å²) < 4.78 is 5.24. The van der Waals surface area contributed by atoms with Crippen molar-refractivity contribution in [3.63, 3.8) is 0 Å². The number of carbonyl (C=O) groups excluding carboxylic acids is 1. The van der Waals surface area contributed by atoms with E-state index in [9.17, 15) is 9.90 Å². The molecule has 1 unspecified atom stereocenters. The SMILES string of the molecule is CC(C)(C)OC(=O)N1CC(O)(C#N)C[C@H]1CBr. The first-order valence-corrected chi connectivity index (χ1v) is 6.52. The van der Waals surface area contributed by atoms with Crippen LogP contribution in [-0.4, -0.2) is 45.2 Å². The number of amides is 1. The van der Waals surface area contributed by atoms with Crippen LogP contribution < -0.4 is 0 Å². The van der Waals surface area contributed by atoms with Crippen molar-refractivity contribution < 1.29 is 14.6 Å². The molecular formula is C11H17BrN2O3. The van der Waals surface area contributed by atoms with Crippen LogP contribution in [0.4, 0.5) is 4.79 Å². The maximum absolute atomic E-state index is 11.9. The van der Waals surface area contributed by atoms with Crippen LogP contribution in [0.5, 0.6) is 0 Å². The van der Waals surface area contributed by atoms with E-state index in [0.29, 0.717) is 5.33 Å². The Bertz CT molecular complexity index is 348. The molecule has 0 aliphatic carbocycles. The molecule has 0 saturated carbocycles. The predicted octanol–water partition coefficient (Wildman–Crippen LogP) is 1.65. The number of nitriles is 1. The first-order valence-electron chi connectivity index (χ1n) is 5.40. The van der Waals surface area contributed by atoms with E-state index in [1.54, 1.807) is 20.8 Å². The second-order valence-corrected chi connectivity index (χ2v) is 5.91. The third-order valence-electron chi connectivity index (χ3n) is 2.46. The minimum atomic E-state index is -1.46. The second-order valence-electron chi connectivity index (χ2n) is 5.26. The summed E-state index contributed by atoms with van der Waals surface area (Å²) in [5, 5.41) is 19.3. The zero-order valence-corrected chi connectivity index (χ0v) is 11.8. The van der Waals surface area contributed by atoms with E-state index >= 15 is 0 Å². The van der Waals surface area contributed by atoms with Crippen LogP contribution >= 0.6 is 15.9 Å². The van der Waals surface area contributed by atoms with Gasteiger partial charge in [0.1, 0.15) is 5.60 Å². The minimum absolute atomic E-state index is 0.00528. The Kier molecular flexibility index (Phi) is 4.05. The topological polar surface area (TPSA) is 73.6 Å². The van der Waals surface area contributed by atoms with Gasteiger partial charge < -0.3 is 14.7 Å². The zero-order valence-electron chi connectivity index (χ0n) is 10.2. The van der Waals surface area contributed by atoms with Gasteiger partial charge in [0.05, 0.1) is 12.6 Å². The van der Waals surface area contributed by atoms with E-state index in [2.05, 4.69) is 15.9 Å². The van der Waals surface area contributed by atoms with Crippen LogP contribution in [0.1, 0.15) is 27.2 Å². The Labute approximate surface area is 109 Å². The molecule has 1 saturated heterocycles. The van der Waals surface area contributed by atoms with Gasteiger partial charge in [-0.3, -0.25) is 0 Å². The lowest BCUT2D eigenvalue weighted by Gasteiger charge is -2.27. The summed E-state index contributed by atoms with van der Waals surface area (Å²) in [5.41, 5.74) is -2.05. The van der Waals surface area contributed by atoms with Crippen molar-refractivity contribution >= 4 is 22.0 Å². The highest BCUT2D eigenvalue weighted by Gasteiger charge is 2.45. The third-order valence-corrected chi connectivity index (χ3v) is 3.21. The normalized spacial score (nSPS) is 28.9. The van der Waals surface area contributed by atoms with Crippen LogP contribution in [0.15, 0.2) is 0 Å². The van der Waals surface area contributed by atoms with Gasteiger partial charge >= 0.3 is 6.09 Å². The first kappa shape index (κ1) is 14.3. The lowest BCUT2D eigenvalue weighted by atomic mass is 10.0. The lowest BCUT2D eigenvalue weighted by Crippen LogP contribution is -2.41. The van der Waals surface area contributed by atoms with Crippen LogP contribution in [0.25, 0.3) is 0 Å². The first-order chi connectivity index (χ1) is 7.71. The monoisotopic (exact) mass is 304 g/mol. The van der Waals surface area contributed by atoms with Crippen molar-refractivity contribution in [3.05, 3.63) is 0 Å². The molecule has 5 nitrogen and oxygen atoms in total. The fourth-order valence-electron chi connectivity index (χ4n) is 1.73. The summed E-state index contributed by atoms with van der Waals surface area (Å²) in [5.74, 6) is 0. The van der Waals surface area contributed by atoms with Gasteiger partial charge in [0, 0.05) is 17.8 Å². The van der Waals surface area contributed by atoms with Crippen molar-refractivity contribution in [2.75, 3.05) is 11.9 Å². The highest BCUT2D eigenvalue weighted by atomic mass is 79.9. The van der Waals surface area contributed by atoms with Gasteiger partial charge in [-0.1, -0.05) is 15.9 Å². The number of ether oxygens (including phenoxy) is 1. The predicted molar refractivity (Wildman–Crippen MR) is 65.7 cm³/mol. The molecule has 0 aromatic carbocycles. The number of alkyl halides is 1. The molecule has 0 radical (unpaired) electrons. The Morgan fingerprint density at radius 3 is 2.71 bits per heavy atom. The summed E-state index contributed by atoms with van der Waals surface area (Å²) in [6, 6.07) is 1.62. The molecule has 1 aliphatic rings. The van der Waals surface area contributed by atoms with Gasteiger partial charge in [0.2, 0.25) is 0 Å². The molecule has 0 aromatic heterocycles. The number of rotatable bonds is 1. The standard InChI is InChI=1S/C11H17BrN2O3/c1-10(2,3)17-9(15)14-7-11(16,6-13)4-8(14)5-12/h8,16H,4-5,7H2,1-3H3/t8-,11?/m0/s1. The Morgan fingerprint density at radius 2 is 2.29 bits per heavy atom. The Balaban J connectivity index is 2.77. The molecule has 1 N–H and O–H groups in total. The van der Waals surface area contributed by atoms with Crippen molar-refractivity contribution in [2.24, 2.45) is 0 Å². The largest absolute Gasteiger partial charge is 0.444 e. The van der Waals surface area contributed by atoms with E-state index in [4.69, 9.17) is 10.00 Å². The smallest absolute Gasteiger partial charge is 0.410 e. The molecule has 0 aromatic rings.